The molecular formula is C25H29N3O3S. The van der Waals surface area contributed by atoms with Crippen molar-refractivity contribution in [3.8, 4) is 0 Å². The molecule has 1 unspecified atom stereocenters. The summed E-state index contributed by atoms with van der Waals surface area (Å²) in [6, 6.07) is 5.82. The molecular weight excluding hydrogens is 422 g/mol. The second kappa shape index (κ2) is 9.36. The Balaban J connectivity index is 1.70. The molecule has 1 aromatic carbocycles. The molecule has 1 aliphatic carbocycles. The van der Waals surface area contributed by atoms with Crippen LogP contribution < -0.4 is 5.32 Å². The summed E-state index contributed by atoms with van der Waals surface area (Å²) in [5.74, 6) is 0.204. The number of carbonyl (C=O) groups excluding carboxylic acids is 2. The summed E-state index contributed by atoms with van der Waals surface area (Å²) in [6.07, 6.45) is 4.18. The number of nitrogens with zero attached hydrogens (tertiary/aromatic N) is 2. The zero-order valence-electron chi connectivity index (χ0n) is 18.8. The largest absolute Gasteiger partial charge is 0.458 e. The van der Waals surface area contributed by atoms with Gasteiger partial charge in [0.15, 0.2) is 5.17 Å². The third kappa shape index (κ3) is 4.67. The number of fused-ring (bicyclic) bond motifs is 1. The van der Waals surface area contributed by atoms with Crippen molar-refractivity contribution in [1.82, 2.24) is 10.2 Å². The van der Waals surface area contributed by atoms with Gasteiger partial charge in [-0.05, 0) is 56.1 Å². The minimum Gasteiger partial charge on any atom is -0.458 e. The molecule has 168 valence electrons. The van der Waals surface area contributed by atoms with Gasteiger partial charge in [-0.25, -0.2) is 9.79 Å². The Hall–Kier alpha value is -2.80. The summed E-state index contributed by atoms with van der Waals surface area (Å²) >= 11 is 1.49. The van der Waals surface area contributed by atoms with E-state index >= 15 is 0 Å². The van der Waals surface area contributed by atoms with E-state index in [0.717, 1.165) is 34.1 Å². The summed E-state index contributed by atoms with van der Waals surface area (Å²) in [7, 11) is 0. The lowest BCUT2D eigenvalue weighted by atomic mass is 9.90. The van der Waals surface area contributed by atoms with Crippen molar-refractivity contribution in [3.63, 3.8) is 0 Å². The number of aliphatic imine (C=N–C) groups is 1. The van der Waals surface area contributed by atoms with Crippen LogP contribution >= 0.6 is 11.8 Å². The van der Waals surface area contributed by atoms with E-state index in [1.54, 1.807) is 6.08 Å². The standard InChI is InChI=1S/C25H29N3O3S/c1-5-10-31-24(30)22-17(4)27-25-28(23(22)20-11-15(2)6-7-16(20)3)19(14-32-25)12-21(29)26-13-18-8-9-18/h5-7,11,14,18,23H,1,8-10,12-13H2,2-4H3,(H,26,29). The smallest absolute Gasteiger partial charge is 0.338 e. The highest BCUT2D eigenvalue weighted by Crippen LogP contribution is 2.45. The molecule has 3 aliphatic rings. The predicted molar refractivity (Wildman–Crippen MR) is 128 cm³/mol. The number of esters is 1. The van der Waals surface area contributed by atoms with E-state index in [0.29, 0.717) is 17.2 Å². The number of ether oxygens (including phenoxy) is 1. The predicted octanol–water partition coefficient (Wildman–Crippen LogP) is 4.52. The molecule has 0 spiro atoms. The SMILES string of the molecule is C=CCOC(=O)C1=C(C)N=C2SC=C(CC(=O)NCC3CC3)N2C1c1cc(C)ccc1C. The summed E-state index contributed by atoms with van der Waals surface area (Å²) < 4.78 is 5.44. The number of allylic oxidation sites excluding steroid dienone is 1. The number of hydrogen-bond donors (Lipinski definition) is 1. The molecule has 4 rings (SSSR count). The van der Waals surface area contributed by atoms with Crippen LogP contribution in [-0.4, -0.2) is 35.1 Å². The van der Waals surface area contributed by atoms with Crippen LogP contribution in [0, 0.1) is 19.8 Å². The van der Waals surface area contributed by atoms with Gasteiger partial charge in [0.2, 0.25) is 5.91 Å². The van der Waals surface area contributed by atoms with Crippen molar-refractivity contribution in [2.45, 2.75) is 46.1 Å². The van der Waals surface area contributed by atoms with Crippen LogP contribution in [0.4, 0.5) is 0 Å². The van der Waals surface area contributed by atoms with E-state index in [2.05, 4.69) is 30.1 Å². The minimum absolute atomic E-state index is 0.00762. The number of carbonyl (C=O) groups is 2. The van der Waals surface area contributed by atoms with Crippen molar-refractivity contribution in [2.75, 3.05) is 13.2 Å². The molecule has 1 atom stereocenters. The summed E-state index contributed by atoms with van der Waals surface area (Å²) in [5.41, 5.74) is 5.15. The number of aryl methyl sites for hydroxylation is 2. The minimum atomic E-state index is -0.412. The molecule has 0 radical (unpaired) electrons. The fraction of sp³-hybridized carbons (Fsp3) is 0.400. The van der Waals surface area contributed by atoms with Crippen molar-refractivity contribution >= 4 is 28.8 Å². The molecule has 0 saturated heterocycles. The van der Waals surface area contributed by atoms with Crippen LogP contribution in [-0.2, 0) is 14.3 Å². The lowest BCUT2D eigenvalue weighted by Crippen LogP contribution is -2.38. The van der Waals surface area contributed by atoms with Crippen molar-refractivity contribution < 1.29 is 14.3 Å². The van der Waals surface area contributed by atoms with Gasteiger partial charge in [0, 0.05) is 12.2 Å². The molecule has 1 N–H and O–H groups in total. The third-order valence-electron chi connectivity index (χ3n) is 5.91. The normalized spacial score (nSPS) is 19.8. The topological polar surface area (TPSA) is 71.0 Å². The van der Waals surface area contributed by atoms with E-state index in [9.17, 15) is 9.59 Å². The first-order valence-electron chi connectivity index (χ1n) is 10.9. The first kappa shape index (κ1) is 22.4. The summed E-state index contributed by atoms with van der Waals surface area (Å²) in [6.45, 7) is 10.4. The van der Waals surface area contributed by atoms with Crippen LogP contribution in [0.15, 0.2) is 58.2 Å². The fourth-order valence-corrected chi connectivity index (χ4v) is 4.96. The number of thioether (sulfide) groups is 1. The molecule has 0 bridgehead atoms. The lowest BCUT2D eigenvalue weighted by molar-refractivity contribution is -0.138. The maximum atomic E-state index is 13.1. The maximum Gasteiger partial charge on any atom is 0.338 e. The van der Waals surface area contributed by atoms with E-state index in [4.69, 9.17) is 9.73 Å². The Morgan fingerprint density at radius 1 is 1.31 bits per heavy atom. The number of amides is 1. The Morgan fingerprint density at radius 3 is 2.81 bits per heavy atom. The number of amidine groups is 1. The number of benzene rings is 1. The highest BCUT2D eigenvalue weighted by Gasteiger charge is 2.41. The highest BCUT2D eigenvalue weighted by molar-refractivity contribution is 8.16. The van der Waals surface area contributed by atoms with Gasteiger partial charge < -0.3 is 15.0 Å². The molecule has 2 aliphatic heterocycles. The Bertz CT molecular complexity index is 1050. The molecule has 2 heterocycles. The van der Waals surface area contributed by atoms with Crippen LogP contribution in [0.3, 0.4) is 0 Å². The Morgan fingerprint density at radius 2 is 2.09 bits per heavy atom. The van der Waals surface area contributed by atoms with Crippen LogP contribution in [0.5, 0.6) is 0 Å². The quantitative estimate of drug-likeness (QED) is 0.465. The van der Waals surface area contributed by atoms with E-state index in [-0.39, 0.29) is 18.9 Å². The van der Waals surface area contributed by atoms with Crippen LogP contribution in [0.25, 0.3) is 0 Å². The van der Waals surface area contributed by atoms with Crippen molar-refractivity contribution in [2.24, 2.45) is 10.9 Å². The molecule has 7 heteroatoms. The average Bonchev–Trinajstić information content (AvgIpc) is 3.52. The fourth-order valence-electron chi connectivity index (χ4n) is 4.00. The van der Waals surface area contributed by atoms with Gasteiger partial charge in [-0.2, -0.15) is 0 Å². The Labute approximate surface area is 193 Å². The first-order valence-corrected chi connectivity index (χ1v) is 11.8. The van der Waals surface area contributed by atoms with E-state index in [1.165, 1.54) is 24.6 Å². The molecule has 1 saturated carbocycles. The van der Waals surface area contributed by atoms with Gasteiger partial charge in [0.1, 0.15) is 6.61 Å². The first-order chi connectivity index (χ1) is 15.4. The second-order valence-electron chi connectivity index (χ2n) is 8.56. The van der Waals surface area contributed by atoms with Crippen molar-refractivity contribution in [3.05, 3.63) is 69.9 Å². The monoisotopic (exact) mass is 451 g/mol. The Kier molecular flexibility index (Phi) is 6.55. The van der Waals surface area contributed by atoms with Gasteiger partial charge in [0.25, 0.3) is 0 Å². The molecule has 6 nitrogen and oxygen atoms in total. The molecule has 1 fully saturated rings. The van der Waals surface area contributed by atoms with E-state index in [1.807, 2.05) is 31.1 Å². The molecule has 1 aromatic rings. The van der Waals surface area contributed by atoms with E-state index < -0.39 is 12.0 Å². The summed E-state index contributed by atoms with van der Waals surface area (Å²) in [4.78, 5) is 32.5. The zero-order chi connectivity index (χ0) is 22.8. The van der Waals surface area contributed by atoms with Gasteiger partial charge in [-0.3, -0.25) is 4.79 Å². The third-order valence-corrected chi connectivity index (χ3v) is 6.80. The summed E-state index contributed by atoms with van der Waals surface area (Å²) in [5, 5.41) is 5.79. The van der Waals surface area contributed by atoms with Gasteiger partial charge >= 0.3 is 5.97 Å². The molecule has 32 heavy (non-hydrogen) atoms. The second-order valence-corrected chi connectivity index (χ2v) is 9.40. The van der Waals surface area contributed by atoms with Crippen molar-refractivity contribution in [1.29, 1.82) is 0 Å². The maximum absolute atomic E-state index is 13.1. The van der Waals surface area contributed by atoms with Crippen LogP contribution in [0.2, 0.25) is 0 Å². The average molecular weight is 452 g/mol. The van der Waals surface area contributed by atoms with Gasteiger partial charge in [-0.1, -0.05) is 48.2 Å². The zero-order valence-corrected chi connectivity index (χ0v) is 19.6. The number of hydrogen-bond acceptors (Lipinski definition) is 6. The lowest BCUT2D eigenvalue weighted by Gasteiger charge is -2.37. The van der Waals surface area contributed by atoms with Crippen LogP contribution in [0.1, 0.15) is 48.9 Å². The molecule has 0 aromatic heterocycles. The van der Waals surface area contributed by atoms with Gasteiger partial charge in [-0.15, -0.1) is 0 Å². The van der Waals surface area contributed by atoms with Gasteiger partial charge in [0.05, 0.1) is 23.7 Å². The highest BCUT2D eigenvalue weighted by atomic mass is 32.2. The number of nitrogens with one attached hydrogen (secondary N) is 1. The number of rotatable bonds is 8. The molecule has 1 amide bonds.